The summed E-state index contributed by atoms with van der Waals surface area (Å²) in [6.45, 7) is 5.57. The van der Waals surface area contributed by atoms with E-state index in [2.05, 4.69) is 22.2 Å². The number of carboxylic acid groups (broad SMARTS) is 1. The number of aryl methyl sites for hydroxylation is 1. The number of likely N-dealkylation sites (N-methyl/N-ethyl adjacent to an activating group) is 1. The summed E-state index contributed by atoms with van der Waals surface area (Å²) in [6.07, 6.45) is 1.03. The number of rotatable bonds is 4. The Morgan fingerprint density at radius 2 is 1.78 bits per heavy atom. The Balaban J connectivity index is 1.85. The molecule has 0 radical (unpaired) electrons. The number of carbonyl (C=O) groups excluding carboxylic acids is 1. The normalized spacial score (nSPS) is 15.3. The number of nitrogens with zero attached hydrogens (tertiary/aromatic N) is 2. The van der Waals surface area contributed by atoms with E-state index in [0.717, 1.165) is 43.9 Å². The molecule has 2 aromatic rings. The van der Waals surface area contributed by atoms with Gasteiger partial charge in [0.15, 0.2) is 0 Å². The first-order valence-electron chi connectivity index (χ1n) is 9.13. The number of carbonyl (C=O) groups is 2. The highest BCUT2D eigenvalue weighted by Crippen LogP contribution is 2.25. The van der Waals surface area contributed by atoms with Crippen molar-refractivity contribution < 1.29 is 14.7 Å². The summed E-state index contributed by atoms with van der Waals surface area (Å²) in [6, 6.07) is 12.5. The van der Waals surface area contributed by atoms with Crippen LogP contribution in [0.15, 0.2) is 42.5 Å². The molecule has 1 amide bonds. The van der Waals surface area contributed by atoms with Gasteiger partial charge in [0.2, 0.25) is 0 Å². The highest BCUT2D eigenvalue weighted by molar-refractivity contribution is 6.08. The van der Waals surface area contributed by atoms with Gasteiger partial charge >= 0.3 is 5.97 Å². The maximum Gasteiger partial charge on any atom is 0.337 e. The highest BCUT2D eigenvalue weighted by Gasteiger charge is 2.18. The molecule has 1 aliphatic heterocycles. The van der Waals surface area contributed by atoms with Gasteiger partial charge in [0.05, 0.1) is 11.3 Å². The Labute approximate surface area is 159 Å². The summed E-state index contributed by atoms with van der Waals surface area (Å²) in [5.74, 6) is -1.36. The van der Waals surface area contributed by atoms with E-state index in [4.69, 9.17) is 0 Å². The fourth-order valence-electron chi connectivity index (χ4n) is 3.34. The first-order valence-corrected chi connectivity index (χ1v) is 9.13. The average Bonchev–Trinajstić information content (AvgIpc) is 2.86. The molecule has 0 spiro atoms. The van der Waals surface area contributed by atoms with Crippen molar-refractivity contribution in [3.63, 3.8) is 0 Å². The van der Waals surface area contributed by atoms with Gasteiger partial charge in [-0.3, -0.25) is 4.79 Å². The Hall–Kier alpha value is -2.86. The van der Waals surface area contributed by atoms with Crippen LogP contribution in [-0.4, -0.2) is 55.1 Å². The molecule has 6 heteroatoms. The summed E-state index contributed by atoms with van der Waals surface area (Å²) in [4.78, 5) is 28.8. The Morgan fingerprint density at radius 1 is 1.00 bits per heavy atom. The molecule has 27 heavy (non-hydrogen) atoms. The van der Waals surface area contributed by atoms with Crippen LogP contribution in [0.1, 0.15) is 32.7 Å². The number of aromatic carboxylic acids is 1. The van der Waals surface area contributed by atoms with Crippen LogP contribution in [0.25, 0.3) is 0 Å². The van der Waals surface area contributed by atoms with Gasteiger partial charge in [-0.15, -0.1) is 0 Å². The number of benzene rings is 2. The molecule has 0 unspecified atom stereocenters. The van der Waals surface area contributed by atoms with Gasteiger partial charge in [-0.1, -0.05) is 18.2 Å². The molecule has 0 bridgehead atoms. The third-order valence-corrected chi connectivity index (χ3v) is 4.96. The van der Waals surface area contributed by atoms with Crippen molar-refractivity contribution in [2.75, 3.05) is 43.4 Å². The number of carboxylic acids is 1. The smallest absolute Gasteiger partial charge is 0.337 e. The third-order valence-electron chi connectivity index (χ3n) is 4.96. The minimum absolute atomic E-state index is 0.104. The van der Waals surface area contributed by atoms with Crippen LogP contribution in [0.2, 0.25) is 0 Å². The van der Waals surface area contributed by atoms with E-state index in [1.807, 2.05) is 25.1 Å². The average molecular weight is 367 g/mol. The van der Waals surface area contributed by atoms with E-state index in [1.165, 1.54) is 0 Å². The second-order valence-corrected chi connectivity index (χ2v) is 6.95. The van der Waals surface area contributed by atoms with Crippen molar-refractivity contribution in [1.82, 2.24) is 4.90 Å². The zero-order valence-corrected chi connectivity index (χ0v) is 15.7. The molecule has 2 aromatic carbocycles. The van der Waals surface area contributed by atoms with E-state index in [0.29, 0.717) is 11.3 Å². The van der Waals surface area contributed by atoms with E-state index >= 15 is 0 Å². The monoisotopic (exact) mass is 367 g/mol. The predicted molar refractivity (Wildman–Crippen MR) is 107 cm³/mol. The molecule has 0 saturated carbocycles. The van der Waals surface area contributed by atoms with Gasteiger partial charge in [-0.2, -0.15) is 0 Å². The fourth-order valence-corrected chi connectivity index (χ4v) is 3.34. The standard InChI is InChI=1S/C21H25N3O3/c1-15-6-3-4-7-17(15)20(25)22-19-9-8-16(14-18(19)21(26)27)24-11-5-10-23(2)12-13-24/h3-4,6-9,14H,5,10-13H2,1-2H3,(H,22,25)(H,26,27). The summed E-state index contributed by atoms with van der Waals surface area (Å²) >= 11 is 0. The summed E-state index contributed by atoms with van der Waals surface area (Å²) in [5.41, 5.74) is 2.67. The van der Waals surface area contributed by atoms with E-state index in [9.17, 15) is 14.7 Å². The van der Waals surface area contributed by atoms with E-state index < -0.39 is 5.97 Å². The molecule has 0 atom stereocenters. The Bertz CT molecular complexity index is 850. The molecule has 6 nitrogen and oxygen atoms in total. The largest absolute Gasteiger partial charge is 0.478 e. The van der Waals surface area contributed by atoms with Crippen molar-refractivity contribution in [3.8, 4) is 0 Å². The van der Waals surface area contributed by atoms with Gasteiger partial charge in [0.1, 0.15) is 0 Å². The Morgan fingerprint density at radius 3 is 2.52 bits per heavy atom. The lowest BCUT2D eigenvalue weighted by Crippen LogP contribution is -2.29. The van der Waals surface area contributed by atoms with Crippen LogP contribution in [0.5, 0.6) is 0 Å². The van der Waals surface area contributed by atoms with Crippen molar-refractivity contribution in [1.29, 1.82) is 0 Å². The zero-order valence-electron chi connectivity index (χ0n) is 15.7. The first kappa shape index (κ1) is 18.9. The topological polar surface area (TPSA) is 72.9 Å². The minimum atomic E-state index is -1.05. The molecular weight excluding hydrogens is 342 g/mol. The fraction of sp³-hybridized carbons (Fsp3) is 0.333. The van der Waals surface area contributed by atoms with Gasteiger partial charge in [0, 0.05) is 30.9 Å². The predicted octanol–water partition coefficient (Wildman–Crippen LogP) is 3.09. The van der Waals surface area contributed by atoms with E-state index in [-0.39, 0.29) is 11.5 Å². The number of amides is 1. The second kappa shape index (κ2) is 8.22. The number of hydrogen-bond donors (Lipinski definition) is 2. The zero-order chi connectivity index (χ0) is 19.4. The van der Waals surface area contributed by atoms with Crippen molar-refractivity contribution >= 4 is 23.3 Å². The van der Waals surface area contributed by atoms with Crippen LogP contribution in [0.4, 0.5) is 11.4 Å². The molecule has 1 saturated heterocycles. The molecule has 142 valence electrons. The third kappa shape index (κ3) is 4.46. The number of anilines is 2. The summed E-state index contributed by atoms with van der Waals surface area (Å²) in [5, 5.41) is 12.4. The SMILES string of the molecule is Cc1ccccc1C(=O)Nc1ccc(N2CCCN(C)CC2)cc1C(=O)O. The van der Waals surface area contributed by atoms with Crippen LogP contribution in [-0.2, 0) is 0 Å². The molecule has 3 rings (SSSR count). The first-order chi connectivity index (χ1) is 13.0. The van der Waals surface area contributed by atoms with E-state index in [1.54, 1.807) is 24.3 Å². The quantitative estimate of drug-likeness (QED) is 0.869. The molecule has 1 fully saturated rings. The van der Waals surface area contributed by atoms with Crippen molar-refractivity contribution in [2.24, 2.45) is 0 Å². The van der Waals surface area contributed by atoms with Gasteiger partial charge < -0.3 is 20.2 Å². The molecule has 0 aromatic heterocycles. The molecular formula is C21H25N3O3. The van der Waals surface area contributed by atoms with Crippen LogP contribution in [0, 0.1) is 6.92 Å². The minimum Gasteiger partial charge on any atom is -0.478 e. The number of hydrogen-bond acceptors (Lipinski definition) is 4. The maximum absolute atomic E-state index is 12.6. The molecule has 2 N–H and O–H groups in total. The lowest BCUT2D eigenvalue weighted by Gasteiger charge is -2.24. The second-order valence-electron chi connectivity index (χ2n) is 6.95. The molecule has 1 aliphatic rings. The molecule has 0 aliphatic carbocycles. The van der Waals surface area contributed by atoms with Gasteiger partial charge in [-0.25, -0.2) is 4.79 Å². The van der Waals surface area contributed by atoms with Crippen molar-refractivity contribution in [3.05, 3.63) is 59.2 Å². The van der Waals surface area contributed by atoms with Crippen LogP contribution >= 0.6 is 0 Å². The Kier molecular flexibility index (Phi) is 5.76. The summed E-state index contributed by atoms with van der Waals surface area (Å²) < 4.78 is 0. The molecule has 1 heterocycles. The van der Waals surface area contributed by atoms with Gasteiger partial charge in [0.25, 0.3) is 5.91 Å². The number of nitrogens with one attached hydrogen (secondary N) is 1. The lowest BCUT2D eigenvalue weighted by atomic mass is 10.1. The summed E-state index contributed by atoms with van der Waals surface area (Å²) in [7, 11) is 2.09. The lowest BCUT2D eigenvalue weighted by molar-refractivity contribution is 0.0698. The van der Waals surface area contributed by atoms with Crippen LogP contribution in [0.3, 0.4) is 0 Å². The van der Waals surface area contributed by atoms with Crippen LogP contribution < -0.4 is 10.2 Å². The van der Waals surface area contributed by atoms with Crippen molar-refractivity contribution in [2.45, 2.75) is 13.3 Å². The highest BCUT2D eigenvalue weighted by atomic mass is 16.4. The van der Waals surface area contributed by atoms with Gasteiger partial charge in [-0.05, 0) is 56.8 Å². The maximum atomic E-state index is 12.6.